The molecule has 5 aromatic rings. The molecule has 0 aliphatic carbocycles. The van der Waals surface area contributed by atoms with Gasteiger partial charge in [-0.05, 0) is 139 Å². The summed E-state index contributed by atoms with van der Waals surface area (Å²) in [6, 6.07) is 31.3. The molecule has 0 saturated carbocycles. The van der Waals surface area contributed by atoms with Gasteiger partial charge >= 0.3 is 0 Å². The van der Waals surface area contributed by atoms with E-state index < -0.39 is 24.2 Å². The second-order valence-corrected chi connectivity index (χ2v) is 20.3. The van der Waals surface area contributed by atoms with Crippen LogP contribution in [0.5, 0.6) is 0 Å². The number of nitrogens with one attached hydrogen (secondary N) is 2. The molecule has 4 fully saturated rings. The van der Waals surface area contributed by atoms with Gasteiger partial charge in [0.05, 0.1) is 6.20 Å². The zero-order valence-corrected chi connectivity index (χ0v) is 42.3. The molecule has 0 radical (unpaired) electrons. The smallest absolute Gasteiger partial charge is 0.245 e. The number of benzene rings is 4. The van der Waals surface area contributed by atoms with Crippen LogP contribution in [-0.2, 0) is 28.8 Å². The maximum Gasteiger partial charge on any atom is 0.245 e. The minimum atomic E-state index is -0.546. The topological polar surface area (TPSA) is 172 Å². The molecule has 9 rings (SSSR count). The van der Waals surface area contributed by atoms with Crippen molar-refractivity contribution in [2.24, 2.45) is 0 Å². The summed E-state index contributed by atoms with van der Waals surface area (Å²) in [7, 11) is 7.52. The Kier molecular flexibility index (Phi) is 15.8. The highest BCUT2D eigenvalue weighted by molar-refractivity contribution is 5.95. The van der Waals surface area contributed by atoms with Crippen molar-refractivity contribution in [3.63, 3.8) is 0 Å². The second kappa shape index (κ2) is 22.7. The van der Waals surface area contributed by atoms with Gasteiger partial charge in [0.15, 0.2) is 5.76 Å². The largest absolute Gasteiger partial charge is 0.436 e. The molecule has 4 aliphatic heterocycles. The van der Waals surface area contributed by atoms with E-state index in [1.165, 1.54) is 0 Å². The minimum absolute atomic E-state index is 0.0798. The van der Waals surface area contributed by atoms with Crippen LogP contribution in [0.2, 0.25) is 0 Å². The Bertz CT molecular complexity index is 2560. The molecule has 4 aromatic carbocycles. The van der Waals surface area contributed by atoms with Crippen LogP contribution < -0.4 is 10.6 Å². The molecule has 4 saturated heterocycles. The molecule has 5 heterocycles. The van der Waals surface area contributed by atoms with E-state index in [0.29, 0.717) is 62.0 Å². The third-order valence-electron chi connectivity index (χ3n) is 14.9. The first-order valence-corrected chi connectivity index (χ1v) is 25.8. The maximum absolute atomic E-state index is 14.1. The average Bonchev–Trinajstić information content (AvgIpc) is 4.26. The number of carbonyl (C=O) groups is 6. The van der Waals surface area contributed by atoms with Crippen molar-refractivity contribution >= 4 is 46.8 Å². The van der Waals surface area contributed by atoms with Crippen molar-refractivity contribution in [1.29, 1.82) is 0 Å². The van der Waals surface area contributed by atoms with Crippen molar-refractivity contribution < 1.29 is 33.2 Å². The Balaban J connectivity index is 0.749. The molecule has 6 amide bonds. The van der Waals surface area contributed by atoms with Crippen LogP contribution in [0.3, 0.4) is 0 Å². The number of hydrogen-bond acceptors (Lipinski definition) is 10. The fourth-order valence-corrected chi connectivity index (χ4v) is 11.3. The second-order valence-electron chi connectivity index (χ2n) is 20.3. The number of amides is 6. The summed E-state index contributed by atoms with van der Waals surface area (Å²) >= 11 is 0. The van der Waals surface area contributed by atoms with Crippen molar-refractivity contribution in [2.75, 3.05) is 65.0 Å². The quantitative estimate of drug-likeness (QED) is 0.103. The van der Waals surface area contributed by atoms with E-state index in [9.17, 15) is 28.8 Å². The number of anilines is 2. The molecule has 73 heavy (non-hydrogen) atoms. The van der Waals surface area contributed by atoms with Crippen molar-refractivity contribution in [3.8, 4) is 22.8 Å². The summed E-state index contributed by atoms with van der Waals surface area (Å²) in [6.45, 7) is 2.17. The van der Waals surface area contributed by atoms with Gasteiger partial charge in [0.25, 0.3) is 0 Å². The third kappa shape index (κ3) is 11.4. The van der Waals surface area contributed by atoms with Gasteiger partial charge in [-0.1, -0.05) is 60.7 Å². The molecule has 0 spiro atoms. The molecule has 0 bridgehead atoms. The zero-order valence-electron chi connectivity index (χ0n) is 42.3. The van der Waals surface area contributed by atoms with Crippen molar-refractivity contribution in [1.82, 2.24) is 34.4 Å². The van der Waals surface area contributed by atoms with Crippen LogP contribution in [0.1, 0.15) is 87.4 Å². The first-order chi connectivity index (χ1) is 35.3. The number of hydrogen-bond donors (Lipinski definition) is 2. The van der Waals surface area contributed by atoms with Gasteiger partial charge < -0.3 is 34.7 Å². The van der Waals surface area contributed by atoms with Gasteiger partial charge in [0.2, 0.25) is 41.3 Å². The Morgan fingerprint density at radius 1 is 0.534 bits per heavy atom. The van der Waals surface area contributed by atoms with E-state index in [1.807, 2.05) is 133 Å². The summed E-state index contributed by atoms with van der Waals surface area (Å²) in [6.07, 6.45) is 7.71. The molecular weight excluding hydrogens is 923 g/mol. The highest BCUT2D eigenvalue weighted by atomic mass is 16.4. The SMILES string of the molecule is CN(C)[C@@H](C(=O)N1CCC[C@@H]1C(=O)N1CCC[C@H]1CC(=O)Nc1ccc(-c2cnc(-c3ccc(NC(=O)C[C@@H]4CCCN4C(=O)[C@H]4CCCN4C(=O)[C@@H](c4ccccc4)N(C)C)cc3)o2)cc1)c1ccccc1. The minimum Gasteiger partial charge on any atom is -0.436 e. The molecule has 4 aliphatic rings. The number of carbonyl (C=O) groups excluding carboxylic acids is 6. The van der Waals surface area contributed by atoms with Gasteiger partial charge in [-0.2, -0.15) is 0 Å². The van der Waals surface area contributed by atoms with Crippen LogP contribution >= 0.6 is 0 Å². The van der Waals surface area contributed by atoms with Crippen molar-refractivity contribution in [3.05, 3.63) is 127 Å². The number of likely N-dealkylation sites (N-methyl/N-ethyl adjacent to an activating group) is 2. The summed E-state index contributed by atoms with van der Waals surface area (Å²) < 4.78 is 6.15. The lowest BCUT2D eigenvalue weighted by Crippen LogP contribution is -2.51. The number of rotatable bonds is 16. The Hall–Kier alpha value is -7.17. The van der Waals surface area contributed by atoms with Crippen LogP contribution in [0.4, 0.5) is 11.4 Å². The molecule has 1 aromatic heterocycles. The van der Waals surface area contributed by atoms with E-state index in [2.05, 4.69) is 15.6 Å². The molecule has 2 N–H and O–H groups in total. The number of nitrogens with zero attached hydrogens (tertiary/aromatic N) is 7. The van der Waals surface area contributed by atoms with E-state index >= 15 is 0 Å². The van der Waals surface area contributed by atoms with Crippen LogP contribution in [-0.4, -0.2) is 148 Å². The zero-order chi connectivity index (χ0) is 51.2. The Morgan fingerprint density at radius 2 is 0.932 bits per heavy atom. The summed E-state index contributed by atoms with van der Waals surface area (Å²) in [4.78, 5) is 98.3. The Labute approximate surface area is 427 Å². The highest BCUT2D eigenvalue weighted by Crippen LogP contribution is 2.34. The lowest BCUT2D eigenvalue weighted by molar-refractivity contribution is -0.147. The predicted octanol–water partition coefficient (Wildman–Crippen LogP) is 7.24. The third-order valence-corrected chi connectivity index (χ3v) is 14.9. The summed E-state index contributed by atoms with van der Waals surface area (Å²) in [5.74, 6) is 0.239. The van der Waals surface area contributed by atoms with Crippen LogP contribution in [0, 0.1) is 0 Å². The first kappa shape index (κ1) is 50.8. The lowest BCUT2D eigenvalue weighted by atomic mass is 10.0. The van der Waals surface area contributed by atoms with Gasteiger partial charge in [0, 0.05) is 73.6 Å². The van der Waals surface area contributed by atoms with E-state index in [4.69, 9.17) is 4.42 Å². The molecular formula is C57H67N9O7. The molecule has 16 nitrogen and oxygen atoms in total. The predicted molar refractivity (Wildman–Crippen MR) is 279 cm³/mol. The average molecular weight is 990 g/mol. The standard InChI is InChI=1S/C57H67N9O7/c1-61(2)51(39-15-7-5-8-16-39)56(71)65-33-13-21-46(65)54(69)63-31-11-19-44(63)35-49(67)59-42-27-23-38(24-28-42)48-37-58-53(73-48)41-25-29-43(30-26-41)60-50(68)36-45-20-12-32-64(45)55(70)47-22-14-34-66(47)57(72)52(62(3)4)40-17-9-6-10-18-40/h5-10,15-18,23-30,37,44-47,51-52H,11-14,19-22,31-36H2,1-4H3,(H,59,67)(H,60,68)/t44-,45-,46+,47+,51+,52+/m0/s1. The number of aromatic nitrogens is 1. The van der Waals surface area contributed by atoms with Crippen LogP contribution in [0.25, 0.3) is 22.8 Å². The highest BCUT2D eigenvalue weighted by Gasteiger charge is 2.44. The normalized spacial score (nSPS) is 20.7. The first-order valence-electron chi connectivity index (χ1n) is 25.8. The molecule has 16 heteroatoms. The van der Waals surface area contributed by atoms with E-state index in [0.717, 1.165) is 60.8 Å². The summed E-state index contributed by atoms with van der Waals surface area (Å²) in [5.41, 5.74) is 4.48. The van der Waals surface area contributed by atoms with Gasteiger partial charge in [-0.15, -0.1) is 0 Å². The number of oxazole rings is 1. The molecule has 6 atom stereocenters. The molecule has 382 valence electrons. The fraction of sp³-hybridized carbons (Fsp3) is 0.421. The van der Waals surface area contributed by atoms with Gasteiger partial charge in [-0.25, -0.2) is 4.98 Å². The lowest BCUT2D eigenvalue weighted by Gasteiger charge is -2.34. The monoisotopic (exact) mass is 990 g/mol. The number of likely N-dealkylation sites (tertiary alicyclic amines) is 4. The summed E-state index contributed by atoms with van der Waals surface area (Å²) in [5, 5.41) is 5.99. The van der Waals surface area contributed by atoms with Crippen molar-refractivity contribution in [2.45, 2.75) is 100 Å². The van der Waals surface area contributed by atoms with Gasteiger partial charge in [0.1, 0.15) is 24.2 Å². The maximum atomic E-state index is 14.1. The van der Waals surface area contributed by atoms with E-state index in [1.54, 1.807) is 40.3 Å². The van der Waals surface area contributed by atoms with Gasteiger partial charge in [-0.3, -0.25) is 38.6 Å². The Morgan fingerprint density at radius 3 is 1.36 bits per heavy atom. The molecule has 0 unspecified atom stereocenters. The fourth-order valence-electron chi connectivity index (χ4n) is 11.3. The van der Waals surface area contributed by atoms with E-state index in [-0.39, 0.29) is 60.4 Å². The van der Waals surface area contributed by atoms with Crippen LogP contribution in [0.15, 0.2) is 120 Å².